The Kier molecular flexibility index (Phi) is 6.74. The summed E-state index contributed by atoms with van der Waals surface area (Å²) in [5.41, 5.74) is 13.0. The van der Waals surface area contributed by atoms with Gasteiger partial charge in [0.15, 0.2) is 0 Å². The summed E-state index contributed by atoms with van der Waals surface area (Å²) in [6, 6.07) is 13.8. The molecule has 2 N–H and O–H groups in total. The van der Waals surface area contributed by atoms with Crippen molar-refractivity contribution in [3.05, 3.63) is 79.0 Å². The quantitative estimate of drug-likeness (QED) is 0.289. The Morgan fingerprint density at radius 2 is 1.85 bits per heavy atom. The van der Waals surface area contributed by atoms with Crippen LogP contribution in [0.4, 0.5) is 5.82 Å². The van der Waals surface area contributed by atoms with Gasteiger partial charge in [0.2, 0.25) is 11.8 Å². The van der Waals surface area contributed by atoms with Crippen molar-refractivity contribution in [2.45, 2.75) is 32.7 Å². The lowest BCUT2D eigenvalue weighted by Crippen LogP contribution is -2.38. The van der Waals surface area contributed by atoms with Crippen LogP contribution in [0.2, 0.25) is 0 Å². The molecule has 10 heteroatoms. The summed E-state index contributed by atoms with van der Waals surface area (Å²) in [4.78, 5) is 27.2. The van der Waals surface area contributed by atoms with Gasteiger partial charge >= 0.3 is 0 Å². The first-order valence-electron chi connectivity index (χ1n) is 13.6. The van der Waals surface area contributed by atoms with Crippen LogP contribution >= 0.6 is 0 Å². The summed E-state index contributed by atoms with van der Waals surface area (Å²) in [6.07, 6.45) is 6.45. The Labute approximate surface area is 238 Å². The molecule has 4 aromatic heterocycles. The number of piperidine rings is 1. The number of fused-ring (bicyclic) bond motifs is 1. The molecule has 0 unspecified atom stereocenters. The minimum atomic E-state index is -0.0215. The second-order valence-corrected chi connectivity index (χ2v) is 10.3. The maximum atomic E-state index is 12.1. The molecule has 0 atom stereocenters. The van der Waals surface area contributed by atoms with Crippen LogP contribution in [-0.4, -0.2) is 53.2 Å². The summed E-state index contributed by atoms with van der Waals surface area (Å²) in [5, 5.41) is 5.62. The van der Waals surface area contributed by atoms with Gasteiger partial charge in [0.25, 0.3) is 0 Å². The van der Waals surface area contributed by atoms with Gasteiger partial charge in [0.1, 0.15) is 23.5 Å². The smallest absolute Gasteiger partial charge is 0.245 e. The van der Waals surface area contributed by atoms with Gasteiger partial charge in [-0.1, -0.05) is 24.8 Å². The van der Waals surface area contributed by atoms with E-state index >= 15 is 0 Å². The van der Waals surface area contributed by atoms with Crippen LogP contribution in [0.25, 0.3) is 33.4 Å². The third kappa shape index (κ3) is 4.71. The van der Waals surface area contributed by atoms with Crippen LogP contribution in [0, 0.1) is 13.8 Å². The zero-order valence-corrected chi connectivity index (χ0v) is 23.4. The van der Waals surface area contributed by atoms with Gasteiger partial charge in [0, 0.05) is 48.7 Å². The highest BCUT2D eigenvalue weighted by Gasteiger charge is 2.28. The van der Waals surface area contributed by atoms with E-state index in [-0.39, 0.29) is 11.9 Å². The first-order valence-corrected chi connectivity index (χ1v) is 13.6. The van der Waals surface area contributed by atoms with E-state index < -0.39 is 0 Å². The predicted octanol–water partition coefficient (Wildman–Crippen LogP) is 5.23. The van der Waals surface area contributed by atoms with Gasteiger partial charge in [0.05, 0.1) is 23.3 Å². The summed E-state index contributed by atoms with van der Waals surface area (Å²) in [6.45, 7) is 9.00. The summed E-state index contributed by atoms with van der Waals surface area (Å²) in [5.74, 6) is 1.62. The second-order valence-electron chi connectivity index (χ2n) is 10.3. The molecule has 0 saturated carbocycles. The van der Waals surface area contributed by atoms with Gasteiger partial charge in [-0.15, -0.1) is 0 Å². The number of aryl methyl sites for hydroxylation is 2. The lowest BCUT2D eigenvalue weighted by atomic mass is 9.98. The fourth-order valence-electron chi connectivity index (χ4n) is 5.74. The maximum absolute atomic E-state index is 12.1. The maximum Gasteiger partial charge on any atom is 0.245 e. The van der Waals surface area contributed by atoms with E-state index in [9.17, 15) is 4.79 Å². The lowest BCUT2D eigenvalue weighted by Gasteiger charge is -2.32. The van der Waals surface area contributed by atoms with Crippen LogP contribution in [0.1, 0.15) is 30.3 Å². The largest absolute Gasteiger partial charge is 0.439 e. The average molecular weight is 549 g/mol. The van der Waals surface area contributed by atoms with E-state index in [0.717, 1.165) is 57.6 Å². The molecule has 0 radical (unpaired) electrons. The molecule has 1 amide bonds. The van der Waals surface area contributed by atoms with Gasteiger partial charge in [-0.3, -0.25) is 9.48 Å². The molecule has 0 bridgehead atoms. The zero-order chi connectivity index (χ0) is 28.7. The van der Waals surface area contributed by atoms with E-state index in [1.807, 2.05) is 67.5 Å². The number of likely N-dealkylation sites (tertiary alicyclic amines) is 1. The van der Waals surface area contributed by atoms with Gasteiger partial charge < -0.3 is 19.9 Å². The lowest BCUT2D eigenvalue weighted by molar-refractivity contribution is -0.127. The summed E-state index contributed by atoms with van der Waals surface area (Å²) >= 11 is 0. The molecular weight excluding hydrogens is 516 g/mol. The molecule has 5 aromatic rings. The molecule has 5 heterocycles. The number of carbonyl (C=O) groups is 1. The standard InChI is InChI=1S/C31H32N8O2/c1-5-26(40)38-15-13-22(14-16-38)39-20(3)24(17-35-39)29-27(28-30(32)33-18-34-31(28)37(29)4)21-9-11-23(12-10-21)41-25-8-6-7-19(2)36-25/h5-12,17-18,22H,1,13-16H2,2-4H3,(H2,32,33,34). The number of nitrogens with zero attached hydrogens (tertiary/aromatic N) is 7. The van der Waals surface area contributed by atoms with E-state index in [1.165, 1.54) is 12.4 Å². The summed E-state index contributed by atoms with van der Waals surface area (Å²) in [7, 11) is 1.99. The van der Waals surface area contributed by atoms with Crippen molar-refractivity contribution in [2.24, 2.45) is 7.05 Å². The van der Waals surface area contributed by atoms with Crippen molar-refractivity contribution in [3.63, 3.8) is 0 Å². The van der Waals surface area contributed by atoms with E-state index in [4.69, 9.17) is 15.6 Å². The summed E-state index contributed by atoms with van der Waals surface area (Å²) < 4.78 is 10.1. The number of nitrogen functional groups attached to an aromatic ring is 1. The second kappa shape index (κ2) is 10.5. The molecule has 6 rings (SSSR count). The van der Waals surface area contributed by atoms with Crippen LogP contribution < -0.4 is 10.5 Å². The highest BCUT2D eigenvalue weighted by Crippen LogP contribution is 2.43. The molecule has 1 fully saturated rings. The molecule has 1 aromatic carbocycles. The number of ether oxygens (including phenoxy) is 1. The highest BCUT2D eigenvalue weighted by molar-refractivity contribution is 6.07. The SMILES string of the molecule is C=CC(=O)N1CCC(n2ncc(-c3c(-c4ccc(Oc5cccc(C)n5)cc4)c4c(N)ncnc4n3C)c2C)CC1. The van der Waals surface area contributed by atoms with Gasteiger partial charge in [-0.25, -0.2) is 15.0 Å². The highest BCUT2D eigenvalue weighted by atomic mass is 16.5. The fraction of sp³-hybridized carbons (Fsp3) is 0.258. The third-order valence-corrected chi connectivity index (χ3v) is 7.82. The van der Waals surface area contributed by atoms with Gasteiger partial charge in [-0.2, -0.15) is 5.10 Å². The molecule has 1 aliphatic heterocycles. The number of aromatic nitrogens is 6. The first-order chi connectivity index (χ1) is 19.9. The first kappa shape index (κ1) is 26.2. The van der Waals surface area contributed by atoms with Crippen molar-refractivity contribution in [1.82, 2.24) is 34.2 Å². The molecule has 1 aliphatic rings. The molecular formula is C31H32N8O2. The van der Waals surface area contributed by atoms with Crippen molar-refractivity contribution >= 4 is 22.8 Å². The number of benzene rings is 1. The average Bonchev–Trinajstić information content (AvgIpc) is 3.50. The van der Waals surface area contributed by atoms with E-state index in [0.29, 0.717) is 30.5 Å². The predicted molar refractivity (Wildman–Crippen MR) is 158 cm³/mol. The number of amides is 1. The van der Waals surface area contributed by atoms with Crippen molar-refractivity contribution in [3.8, 4) is 34.0 Å². The molecule has 0 spiro atoms. The topological polar surface area (TPSA) is 117 Å². The third-order valence-electron chi connectivity index (χ3n) is 7.82. The van der Waals surface area contributed by atoms with Crippen molar-refractivity contribution < 1.29 is 9.53 Å². The Morgan fingerprint density at radius 1 is 1.10 bits per heavy atom. The monoisotopic (exact) mass is 548 g/mol. The molecule has 1 saturated heterocycles. The Morgan fingerprint density at radius 3 is 2.56 bits per heavy atom. The molecule has 41 heavy (non-hydrogen) atoms. The van der Waals surface area contributed by atoms with Crippen LogP contribution in [0.5, 0.6) is 11.6 Å². The number of carbonyl (C=O) groups excluding carboxylic acids is 1. The number of hydrogen-bond donors (Lipinski definition) is 1. The minimum Gasteiger partial charge on any atom is -0.439 e. The van der Waals surface area contributed by atoms with E-state index in [1.54, 1.807) is 0 Å². The molecule has 0 aliphatic carbocycles. The van der Waals surface area contributed by atoms with Crippen molar-refractivity contribution in [2.75, 3.05) is 18.8 Å². The normalized spacial score (nSPS) is 14.0. The number of nitrogens with two attached hydrogens (primary N) is 1. The Balaban J connectivity index is 1.39. The van der Waals surface area contributed by atoms with Crippen LogP contribution in [-0.2, 0) is 11.8 Å². The van der Waals surface area contributed by atoms with Crippen molar-refractivity contribution in [1.29, 1.82) is 0 Å². The number of anilines is 1. The number of hydrogen-bond acceptors (Lipinski definition) is 7. The molecule has 10 nitrogen and oxygen atoms in total. The zero-order valence-electron chi connectivity index (χ0n) is 23.4. The number of rotatable bonds is 6. The molecule has 208 valence electrons. The van der Waals surface area contributed by atoms with Gasteiger partial charge in [-0.05, 0) is 56.5 Å². The Bertz CT molecular complexity index is 1760. The van der Waals surface area contributed by atoms with Crippen LogP contribution in [0.3, 0.4) is 0 Å². The fourth-order valence-corrected chi connectivity index (χ4v) is 5.74. The number of pyridine rings is 1. The Hall–Kier alpha value is -4.99. The minimum absolute atomic E-state index is 0.0215. The van der Waals surface area contributed by atoms with E-state index in [2.05, 4.69) is 37.7 Å². The van der Waals surface area contributed by atoms with Crippen LogP contribution in [0.15, 0.2) is 67.6 Å².